The van der Waals surface area contributed by atoms with Gasteiger partial charge in [0.15, 0.2) is 0 Å². The first kappa shape index (κ1) is 22.3. The van der Waals surface area contributed by atoms with Gasteiger partial charge in [-0.3, -0.25) is 0 Å². The molecule has 0 fully saturated rings. The summed E-state index contributed by atoms with van der Waals surface area (Å²) in [6.45, 7) is 3.75. The molecule has 0 heterocycles. The molecule has 0 saturated carbocycles. The Labute approximate surface area is 197 Å². The normalized spacial score (nSPS) is 10.2. The first-order valence-electron chi connectivity index (χ1n) is 10.4. The SMILES string of the molecule is C=CCCc1ccc(C#Cc2ccc3c(F)c(C#Cc4ccc(Cl)c(F)c4)ccc3c2)cc1. The molecule has 0 amide bonds. The Balaban J connectivity index is 1.56. The Morgan fingerprint density at radius 1 is 0.758 bits per heavy atom. The van der Waals surface area contributed by atoms with Gasteiger partial charge in [-0.15, -0.1) is 6.58 Å². The van der Waals surface area contributed by atoms with Crippen LogP contribution in [0.25, 0.3) is 10.8 Å². The van der Waals surface area contributed by atoms with Gasteiger partial charge in [0.2, 0.25) is 0 Å². The van der Waals surface area contributed by atoms with Crippen molar-refractivity contribution in [1.29, 1.82) is 0 Å². The Kier molecular flexibility index (Phi) is 6.89. The first-order chi connectivity index (χ1) is 16.0. The molecule has 0 nitrogen and oxygen atoms in total. The molecule has 4 aromatic carbocycles. The highest BCUT2D eigenvalue weighted by atomic mass is 35.5. The summed E-state index contributed by atoms with van der Waals surface area (Å²) in [5.41, 5.74) is 3.65. The van der Waals surface area contributed by atoms with Gasteiger partial charge in [-0.2, -0.15) is 0 Å². The predicted molar refractivity (Wildman–Crippen MR) is 132 cm³/mol. The molecule has 0 unspecified atom stereocenters. The molecule has 3 heteroatoms. The van der Waals surface area contributed by atoms with E-state index >= 15 is 0 Å². The highest BCUT2D eigenvalue weighted by Gasteiger charge is 2.06. The fourth-order valence-electron chi connectivity index (χ4n) is 3.35. The van der Waals surface area contributed by atoms with Gasteiger partial charge >= 0.3 is 0 Å². The second kappa shape index (κ2) is 10.2. The van der Waals surface area contributed by atoms with Crippen LogP contribution in [0.5, 0.6) is 0 Å². The number of aryl methyl sites for hydroxylation is 1. The highest BCUT2D eigenvalue weighted by Crippen LogP contribution is 2.22. The minimum absolute atomic E-state index is 0.0249. The maximum Gasteiger partial charge on any atom is 0.146 e. The molecule has 0 aliphatic heterocycles. The quantitative estimate of drug-likeness (QED) is 0.221. The fourth-order valence-corrected chi connectivity index (χ4v) is 3.46. The minimum atomic E-state index is -0.556. The van der Waals surface area contributed by atoms with E-state index in [1.54, 1.807) is 24.3 Å². The molecular weight excluding hydrogens is 434 g/mol. The zero-order chi connectivity index (χ0) is 23.2. The summed E-state index contributed by atoms with van der Waals surface area (Å²) < 4.78 is 28.6. The Hall–Kier alpha value is -3.85. The van der Waals surface area contributed by atoms with E-state index < -0.39 is 11.6 Å². The zero-order valence-electron chi connectivity index (χ0n) is 17.8. The van der Waals surface area contributed by atoms with E-state index in [0.29, 0.717) is 10.9 Å². The second-order valence-electron chi connectivity index (χ2n) is 7.52. The van der Waals surface area contributed by atoms with Crippen LogP contribution >= 0.6 is 11.6 Å². The Bertz CT molecular complexity index is 1460. The number of benzene rings is 4. The number of allylic oxidation sites excluding steroid dienone is 1. The minimum Gasteiger partial charge on any atom is -0.205 e. The van der Waals surface area contributed by atoms with Crippen molar-refractivity contribution < 1.29 is 8.78 Å². The molecular formula is C30H19ClF2. The molecule has 4 rings (SSSR count). The van der Waals surface area contributed by atoms with Crippen LogP contribution in [-0.4, -0.2) is 0 Å². The summed E-state index contributed by atoms with van der Waals surface area (Å²) in [6.07, 6.45) is 3.83. The fraction of sp³-hybridized carbons (Fsp3) is 0.0667. The first-order valence-corrected chi connectivity index (χ1v) is 10.8. The molecule has 0 N–H and O–H groups in total. The average Bonchev–Trinajstić information content (AvgIpc) is 2.83. The summed E-state index contributed by atoms with van der Waals surface area (Å²) in [7, 11) is 0. The lowest BCUT2D eigenvalue weighted by Gasteiger charge is -2.03. The number of hydrogen-bond donors (Lipinski definition) is 0. The van der Waals surface area contributed by atoms with Crippen molar-refractivity contribution in [1.82, 2.24) is 0 Å². The Morgan fingerprint density at radius 3 is 2.18 bits per heavy atom. The standard InChI is InChI=1S/C30H19ClF2/c1-2-3-4-21-5-7-22(8-6-21)9-10-23-12-17-27-26(19-23)16-15-25(30(27)33)14-11-24-13-18-28(31)29(32)20-24/h2,5-8,12-13,15-20H,1,3-4H2. The topological polar surface area (TPSA) is 0 Å². The van der Waals surface area contributed by atoms with Crippen LogP contribution < -0.4 is 0 Å². The third-order valence-corrected chi connectivity index (χ3v) is 5.46. The van der Waals surface area contributed by atoms with Crippen LogP contribution in [0.2, 0.25) is 5.02 Å². The van der Waals surface area contributed by atoms with Gasteiger partial charge in [-0.1, -0.05) is 65.6 Å². The summed E-state index contributed by atoms with van der Waals surface area (Å²) >= 11 is 5.69. The Morgan fingerprint density at radius 2 is 1.42 bits per heavy atom. The van der Waals surface area contributed by atoms with E-state index in [1.807, 2.05) is 30.3 Å². The van der Waals surface area contributed by atoms with Crippen molar-refractivity contribution in [3.8, 4) is 23.7 Å². The third-order valence-electron chi connectivity index (χ3n) is 5.16. The van der Waals surface area contributed by atoms with E-state index in [0.717, 1.165) is 29.4 Å². The van der Waals surface area contributed by atoms with Gasteiger partial charge in [0.1, 0.15) is 11.6 Å². The lowest BCUT2D eigenvalue weighted by Crippen LogP contribution is -1.88. The van der Waals surface area contributed by atoms with Crippen LogP contribution in [0.15, 0.2) is 85.5 Å². The predicted octanol–water partition coefficient (Wildman–Crippen LogP) is 7.69. The van der Waals surface area contributed by atoms with Crippen LogP contribution in [0.3, 0.4) is 0 Å². The molecule has 0 spiro atoms. The third kappa shape index (κ3) is 5.50. The van der Waals surface area contributed by atoms with Gasteiger partial charge in [-0.25, -0.2) is 8.78 Å². The molecule has 0 bridgehead atoms. The van der Waals surface area contributed by atoms with E-state index in [4.69, 9.17) is 11.6 Å². The van der Waals surface area contributed by atoms with Crippen molar-refractivity contribution >= 4 is 22.4 Å². The van der Waals surface area contributed by atoms with Gasteiger partial charge < -0.3 is 0 Å². The molecule has 0 aliphatic carbocycles. The number of fused-ring (bicyclic) bond motifs is 1. The van der Waals surface area contributed by atoms with Crippen LogP contribution in [0.4, 0.5) is 8.78 Å². The molecule has 0 radical (unpaired) electrons. The summed E-state index contributed by atoms with van der Waals surface area (Å²) in [4.78, 5) is 0. The number of halogens is 3. The summed E-state index contributed by atoms with van der Waals surface area (Å²) in [5, 5.41) is 1.22. The van der Waals surface area contributed by atoms with Gasteiger partial charge in [0.25, 0.3) is 0 Å². The molecule has 0 aliphatic rings. The zero-order valence-corrected chi connectivity index (χ0v) is 18.5. The molecule has 0 atom stereocenters. The van der Waals surface area contributed by atoms with Crippen molar-refractivity contribution in [3.63, 3.8) is 0 Å². The van der Waals surface area contributed by atoms with Crippen molar-refractivity contribution in [2.75, 3.05) is 0 Å². The maximum atomic E-state index is 15.0. The largest absolute Gasteiger partial charge is 0.205 e. The van der Waals surface area contributed by atoms with Crippen LogP contribution in [0.1, 0.15) is 34.2 Å². The number of hydrogen-bond acceptors (Lipinski definition) is 0. The van der Waals surface area contributed by atoms with Crippen molar-refractivity contribution in [2.45, 2.75) is 12.8 Å². The van der Waals surface area contributed by atoms with Crippen LogP contribution in [-0.2, 0) is 6.42 Å². The van der Waals surface area contributed by atoms with Gasteiger partial charge in [0, 0.05) is 22.1 Å². The second-order valence-corrected chi connectivity index (χ2v) is 7.92. The highest BCUT2D eigenvalue weighted by molar-refractivity contribution is 6.30. The van der Waals surface area contributed by atoms with Gasteiger partial charge in [-0.05, 0) is 72.3 Å². The average molecular weight is 453 g/mol. The number of rotatable bonds is 3. The van der Waals surface area contributed by atoms with Crippen LogP contribution in [0, 0.1) is 35.3 Å². The molecule has 160 valence electrons. The lowest BCUT2D eigenvalue weighted by molar-refractivity contribution is 0.628. The molecule has 0 aromatic heterocycles. The van der Waals surface area contributed by atoms with Crippen molar-refractivity contribution in [3.05, 3.63) is 130 Å². The van der Waals surface area contributed by atoms with E-state index in [2.05, 4.69) is 42.4 Å². The smallest absolute Gasteiger partial charge is 0.146 e. The van der Waals surface area contributed by atoms with E-state index in [1.165, 1.54) is 17.7 Å². The van der Waals surface area contributed by atoms with Gasteiger partial charge in [0.05, 0.1) is 10.6 Å². The monoisotopic (exact) mass is 452 g/mol. The molecule has 33 heavy (non-hydrogen) atoms. The maximum absolute atomic E-state index is 15.0. The van der Waals surface area contributed by atoms with E-state index in [-0.39, 0.29) is 10.6 Å². The summed E-state index contributed by atoms with van der Waals surface area (Å²) in [6, 6.07) is 21.2. The van der Waals surface area contributed by atoms with E-state index in [9.17, 15) is 8.78 Å². The van der Waals surface area contributed by atoms with Crippen molar-refractivity contribution in [2.24, 2.45) is 0 Å². The summed E-state index contributed by atoms with van der Waals surface area (Å²) in [5.74, 6) is 10.9. The molecule has 0 saturated heterocycles. The lowest BCUT2D eigenvalue weighted by atomic mass is 10.0. The molecule has 4 aromatic rings.